The lowest BCUT2D eigenvalue weighted by atomic mass is 10.1. The molecular formula is C20H30O2. The van der Waals surface area contributed by atoms with E-state index in [1.807, 2.05) is 6.07 Å². The molecule has 1 aliphatic rings. The third-order valence-electron chi connectivity index (χ3n) is 4.01. The number of aryl methyl sites for hydroxylation is 1. The van der Waals surface area contributed by atoms with E-state index in [0.29, 0.717) is 12.7 Å². The van der Waals surface area contributed by atoms with Crippen molar-refractivity contribution < 1.29 is 9.47 Å². The lowest BCUT2D eigenvalue weighted by Gasteiger charge is -2.10. The summed E-state index contributed by atoms with van der Waals surface area (Å²) >= 11 is 0. The summed E-state index contributed by atoms with van der Waals surface area (Å²) in [5.74, 6) is 1.03. The molecule has 1 fully saturated rings. The Morgan fingerprint density at radius 3 is 2.64 bits per heavy atom. The molecule has 0 amide bonds. The van der Waals surface area contributed by atoms with Crippen molar-refractivity contribution in [3.8, 4) is 5.75 Å². The molecule has 1 atom stereocenters. The van der Waals surface area contributed by atoms with Crippen LogP contribution in [0.2, 0.25) is 0 Å². The summed E-state index contributed by atoms with van der Waals surface area (Å²) in [6.45, 7) is 3.80. The highest BCUT2D eigenvalue weighted by Gasteiger charge is 2.23. The molecule has 0 aliphatic carbocycles. The highest BCUT2D eigenvalue weighted by molar-refractivity contribution is 5.33. The number of epoxide rings is 1. The van der Waals surface area contributed by atoms with Crippen LogP contribution in [0.4, 0.5) is 0 Å². The molecule has 1 unspecified atom stereocenters. The molecule has 2 nitrogen and oxygen atoms in total. The van der Waals surface area contributed by atoms with E-state index in [1.165, 1.54) is 44.1 Å². The number of hydrogen-bond donors (Lipinski definition) is 0. The first-order chi connectivity index (χ1) is 10.9. The molecule has 1 heterocycles. The topological polar surface area (TPSA) is 21.8 Å². The maximum atomic E-state index is 5.85. The number of ether oxygens (including phenoxy) is 2. The predicted molar refractivity (Wildman–Crippen MR) is 92.5 cm³/mol. The third-order valence-corrected chi connectivity index (χ3v) is 4.01. The second-order valence-electron chi connectivity index (χ2n) is 6.09. The molecule has 0 aromatic heterocycles. The summed E-state index contributed by atoms with van der Waals surface area (Å²) in [4.78, 5) is 0. The van der Waals surface area contributed by atoms with Gasteiger partial charge in [0.2, 0.25) is 0 Å². The van der Waals surface area contributed by atoms with Gasteiger partial charge in [-0.2, -0.15) is 0 Å². The molecule has 2 heteroatoms. The van der Waals surface area contributed by atoms with E-state index in [2.05, 4.69) is 37.3 Å². The number of hydrogen-bond acceptors (Lipinski definition) is 2. The quantitative estimate of drug-likeness (QED) is 0.296. The molecule has 0 saturated carbocycles. The maximum absolute atomic E-state index is 5.85. The van der Waals surface area contributed by atoms with Crippen LogP contribution in [-0.4, -0.2) is 19.3 Å². The molecule has 1 saturated heterocycles. The largest absolute Gasteiger partial charge is 0.491 e. The van der Waals surface area contributed by atoms with E-state index in [-0.39, 0.29) is 0 Å². The Morgan fingerprint density at radius 1 is 1.09 bits per heavy atom. The van der Waals surface area contributed by atoms with Crippen LogP contribution in [0.3, 0.4) is 0 Å². The molecule has 0 spiro atoms. The molecule has 0 bridgehead atoms. The number of allylic oxidation sites excluding steroid dienone is 2. The molecule has 2 rings (SSSR count). The number of unbranched alkanes of at least 4 members (excludes halogenated alkanes) is 5. The van der Waals surface area contributed by atoms with E-state index < -0.39 is 0 Å². The van der Waals surface area contributed by atoms with Gasteiger partial charge in [-0.1, -0.05) is 56.5 Å². The Hall–Kier alpha value is -1.28. The molecule has 22 heavy (non-hydrogen) atoms. The zero-order valence-electron chi connectivity index (χ0n) is 13.9. The third kappa shape index (κ3) is 7.13. The van der Waals surface area contributed by atoms with Gasteiger partial charge in [0.15, 0.2) is 0 Å². The van der Waals surface area contributed by atoms with Gasteiger partial charge in [0, 0.05) is 0 Å². The molecule has 1 aromatic carbocycles. The summed E-state index contributed by atoms with van der Waals surface area (Å²) in [5.41, 5.74) is 1.32. The van der Waals surface area contributed by atoms with Crippen molar-refractivity contribution in [3.63, 3.8) is 0 Å². The van der Waals surface area contributed by atoms with Crippen molar-refractivity contribution in [3.05, 3.63) is 42.0 Å². The highest BCUT2D eigenvalue weighted by atomic mass is 16.6. The predicted octanol–water partition coefficient (Wildman–Crippen LogP) is 5.31. The van der Waals surface area contributed by atoms with Gasteiger partial charge in [-0.15, -0.1) is 0 Å². The Labute approximate surface area is 135 Å². The van der Waals surface area contributed by atoms with E-state index >= 15 is 0 Å². The van der Waals surface area contributed by atoms with E-state index in [1.54, 1.807) is 0 Å². The van der Waals surface area contributed by atoms with Crippen LogP contribution >= 0.6 is 0 Å². The van der Waals surface area contributed by atoms with E-state index in [4.69, 9.17) is 9.47 Å². The molecule has 122 valence electrons. The summed E-state index contributed by atoms with van der Waals surface area (Å²) in [7, 11) is 0. The minimum atomic E-state index is 0.323. The minimum Gasteiger partial charge on any atom is -0.491 e. The Balaban J connectivity index is 1.60. The fourth-order valence-corrected chi connectivity index (χ4v) is 2.53. The Morgan fingerprint density at radius 2 is 1.86 bits per heavy atom. The minimum absolute atomic E-state index is 0.323. The summed E-state index contributed by atoms with van der Waals surface area (Å²) in [5, 5.41) is 0. The van der Waals surface area contributed by atoms with E-state index in [0.717, 1.165) is 25.2 Å². The number of benzene rings is 1. The second-order valence-corrected chi connectivity index (χ2v) is 6.09. The van der Waals surface area contributed by atoms with Crippen molar-refractivity contribution in [1.82, 2.24) is 0 Å². The molecule has 0 N–H and O–H groups in total. The SMILES string of the molecule is CCCCCC/C=C/CCCc1ccccc1OCC1CO1. The van der Waals surface area contributed by atoms with E-state index in [9.17, 15) is 0 Å². The molecule has 0 radical (unpaired) electrons. The van der Waals surface area contributed by atoms with Gasteiger partial charge in [0.25, 0.3) is 0 Å². The van der Waals surface area contributed by atoms with Crippen molar-refractivity contribution in [2.45, 2.75) is 64.4 Å². The maximum Gasteiger partial charge on any atom is 0.122 e. The van der Waals surface area contributed by atoms with Crippen molar-refractivity contribution in [2.75, 3.05) is 13.2 Å². The first kappa shape index (κ1) is 17.1. The zero-order chi connectivity index (χ0) is 15.5. The van der Waals surface area contributed by atoms with Gasteiger partial charge in [-0.25, -0.2) is 0 Å². The lowest BCUT2D eigenvalue weighted by Crippen LogP contribution is -2.05. The average molecular weight is 302 g/mol. The normalized spacial score (nSPS) is 17.0. The van der Waals surface area contributed by atoms with Crippen LogP contribution < -0.4 is 4.74 Å². The van der Waals surface area contributed by atoms with Gasteiger partial charge >= 0.3 is 0 Å². The fourth-order valence-electron chi connectivity index (χ4n) is 2.53. The second kappa shape index (κ2) is 10.4. The summed E-state index contributed by atoms with van der Waals surface area (Å²) in [6, 6.07) is 8.39. The van der Waals surface area contributed by atoms with Crippen LogP contribution in [0.1, 0.15) is 57.4 Å². The monoisotopic (exact) mass is 302 g/mol. The summed E-state index contributed by atoms with van der Waals surface area (Å²) in [6.07, 6.45) is 15.1. The highest BCUT2D eigenvalue weighted by Crippen LogP contribution is 2.22. The van der Waals surface area contributed by atoms with Crippen LogP contribution in [0.25, 0.3) is 0 Å². The Kier molecular flexibility index (Phi) is 8.11. The smallest absolute Gasteiger partial charge is 0.122 e. The number of rotatable bonds is 12. The molecule has 1 aromatic rings. The van der Waals surface area contributed by atoms with Gasteiger partial charge in [-0.05, 0) is 43.7 Å². The van der Waals surface area contributed by atoms with Gasteiger partial charge in [0.05, 0.1) is 6.61 Å². The van der Waals surface area contributed by atoms with Crippen LogP contribution in [0.15, 0.2) is 36.4 Å². The van der Waals surface area contributed by atoms with Gasteiger partial charge < -0.3 is 9.47 Å². The lowest BCUT2D eigenvalue weighted by molar-refractivity contribution is 0.261. The van der Waals surface area contributed by atoms with Crippen LogP contribution in [0, 0.1) is 0 Å². The molecule has 1 aliphatic heterocycles. The van der Waals surface area contributed by atoms with Crippen molar-refractivity contribution in [1.29, 1.82) is 0 Å². The standard InChI is InChI=1S/C20H30O2/c1-2-3-4-5-6-7-8-9-10-13-18-14-11-12-15-20(18)22-17-19-16-21-19/h7-8,11-12,14-15,19H,2-6,9-10,13,16-17H2,1H3/b8-7+. The Bertz CT molecular complexity index is 435. The summed E-state index contributed by atoms with van der Waals surface area (Å²) < 4.78 is 11.0. The average Bonchev–Trinajstić information content (AvgIpc) is 3.36. The number of para-hydroxylation sites is 1. The zero-order valence-corrected chi connectivity index (χ0v) is 13.9. The van der Waals surface area contributed by atoms with Crippen LogP contribution in [-0.2, 0) is 11.2 Å². The molecular weight excluding hydrogens is 272 g/mol. The fraction of sp³-hybridized carbons (Fsp3) is 0.600. The first-order valence-corrected chi connectivity index (χ1v) is 8.87. The van der Waals surface area contributed by atoms with Crippen molar-refractivity contribution >= 4 is 0 Å². The first-order valence-electron chi connectivity index (χ1n) is 8.87. The van der Waals surface area contributed by atoms with Gasteiger partial charge in [0.1, 0.15) is 18.5 Å². The van der Waals surface area contributed by atoms with Crippen molar-refractivity contribution in [2.24, 2.45) is 0 Å². The van der Waals surface area contributed by atoms with Crippen LogP contribution in [0.5, 0.6) is 5.75 Å². The van der Waals surface area contributed by atoms with Gasteiger partial charge in [-0.3, -0.25) is 0 Å².